The van der Waals surface area contributed by atoms with Crippen molar-refractivity contribution in [3.05, 3.63) is 57.1 Å². The molecule has 1 amide bonds. The Morgan fingerprint density at radius 2 is 1.86 bits per heavy atom. The Kier molecular flexibility index (Phi) is 7.01. The standard InChI is InChI=1S/C27H34ClN5O3/c1-16(2)19-10-8-9-11-21(19)33-24-20(14-17(3)22(28)29-24)23(30-25(33)34)32-13-12-31(15-18(32)4)26(35)36-27(5,6)7/h8-11,14,16,18H,12-13,15H2,1-7H3. The number of fused-ring (bicyclic) bond motifs is 1. The number of nitrogens with zero attached hydrogens (tertiary/aromatic N) is 5. The number of ether oxygens (including phenoxy) is 1. The summed E-state index contributed by atoms with van der Waals surface area (Å²) in [6.45, 7) is 15.1. The number of hydrogen-bond acceptors (Lipinski definition) is 6. The fourth-order valence-electron chi connectivity index (χ4n) is 4.59. The monoisotopic (exact) mass is 511 g/mol. The van der Waals surface area contributed by atoms with E-state index in [1.807, 2.05) is 65.0 Å². The minimum absolute atomic E-state index is 0.0869. The molecule has 8 nitrogen and oxygen atoms in total. The van der Waals surface area contributed by atoms with Crippen LogP contribution < -0.4 is 10.6 Å². The lowest BCUT2D eigenvalue weighted by molar-refractivity contribution is 0.0218. The molecule has 3 aromatic rings. The van der Waals surface area contributed by atoms with Gasteiger partial charge in [0.1, 0.15) is 16.6 Å². The molecule has 1 fully saturated rings. The summed E-state index contributed by atoms with van der Waals surface area (Å²) >= 11 is 6.46. The third-order valence-electron chi connectivity index (χ3n) is 6.33. The van der Waals surface area contributed by atoms with Crippen LogP contribution in [0.5, 0.6) is 0 Å². The Hall–Kier alpha value is -3.13. The van der Waals surface area contributed by atoms with Crippen molar-refractivity contribution < 1.29 is 9.53 Å². The quantitative estimate of drug-likeness (QED) is 0.443. The molecule has 1 atom stereocenters. The molecule has 1 aromatic carbocycles. The molecule has 0 radical (unpaired) electrons. The maximum Gasteiger partial charge on any atom is 0.410 e. The van der Waals surface area contributed by atoms with E-state index in [1.54, 1.807) is 9.47 Å². The summed E-state index contributed by atoms with van der Waals surface area (Å²) in [5.41, 5.74) is 2.06. The van der Waals surface area contributed by atoms with Crippen LogP contribution in [-0.2, 0) is 4.74 Å². The lowest BCUT2D eigenvalue weighted by atomic mass is 10.0. The Bertz CT molecular complexity index is 1360. The van der Waals surface area contributed by atoms with Gasteiger partial charge in [-0.15, -0.1) is 0 Å². The molecule has 0 N–H and O–H groups in total. The summed E-state index contributed by atoms with van der Waals surface area (Å²) in [7, 11) is 0. The van der Waals surface area contributed by atoms with Gasteiger partial charge in [-0.2, -0.15) is 4.98 Å². The first-order valence-electron chi connectivity index (χ1n) is 12.3. The van der Waals surface area contributed by atoms with Gasteiger partial charge >= 0.3 is 11.8 Å². The van der Waals surface area contributed by atoms with Gasteiger partial charge in [0.15, 0.2) is 5.65 Å². The number of rotatable bonds is 3. The maximum atomic E-state index is 13.6. The predicted octanol–water partition coefficient (Wildman–Crippen LogP) is 5.31. The summed E-state index contributed by atoms with van der Waals surface area (Å²) in [6.07, 6.45) is -0.336. The fraction of sp³-hybridized carbons (Fsp3) is 0.481. The SMILES string of the molecule is Cc1cc2c(N3CCN(C(=O)OC(C)(C)C)CC3C)nc(=O)n(-c3ccccc3C(C)C)c2nc1Cl. The van der Waals surface area contributed by atoms with Crippen molar-refractivity contribution in [3.8, 4) is 5.69 Å². The van der Waals surface area contributed by atoms with Crippen molar-refractivity contribution >= 4 is 34.5 Å². The molecule has 2 aromatic heterocycles. The molecule has 1 saturated heterocycles. The summed E-state index contributed by atoms with van der Waals surface area (Å²) in [6, 6.07) is 9.64. The van der Waals surface area contributed by atoms with E-state index in [0.717, 1.165) is 22.2 Å². The molecule has 0 bridgehead atoms. The number of aryl methyl sites for hydroxylation is 1. The fourth-order valence-corrected chi connectivity index (χ4v) is 4.72. The molecular formula is C27H34ClN5O3. The molecule has 0 aliphatic carbocycles. The zero-order valence-electron chi connectivity index (χ0n) is 22.0. The summed E-state index contributed by atoms with van der Waals surface area (Å²) in [4.78, 5) is 39.2. The molecule has 0 saturated carbocycles. The average molecular weight is 512 g/mol. The normalized spacial score (nSPS) is 16.6. The molecule has 1 aliphatic heterocycles. The highest BCUT2D eigenvalue weighted by atomic mass is 35.5. The number of piperazine rings is 1. The minimum Gasteiger partial charge on any atom is -0.444 e. The number of para-hydroxylation sites is 1. The Morgan fingerprint density at radius 1 is 1.17 bits per heavy atom. The molecule has 1 aliphatic rings. The van der Waals surface area contributed by atoms with Crippen molar-refractivity contribution in [2.24, 2.45) is 0 Å². The molecule has 192 valence electrons. The molecular weight excluding hydrogens is 478 g/mol. The first-order chi connectivity index (χ1) is 16.9. The number of carbonyl (C=O) groups is 1. The molecule has 3 heterocycles. The van der Waals surface area contributed by atoms with Crippen LogP contribution in [0.3, 0.4) is 0 Å². The number of amides is 1. The average Bonchev–Trinajstić information content (AvgIpc) is 2.79. The van der Waals surface area contributed by atoms with Crippen molar-refractivity contribution in [2.75, 3.05) is 24.5 Å². The lowest BCUT2D eigenvalue weighted by Gasteiger charge is -2.41. The second kappa shape index (κ2) is 9.73. The van der Waals surface area contributed by atoms with Gasteiger partial charge in [0.25, 0.3) is 0 Å². The van der Waals surface area contributed by atoms with Gasteiger partial charge in [0, 0.05) is 25.7 Å². The van der Waals surface area contributed by atoms with E-state index in [0.29, 0.717) is 36.3 Å². The Morgan fingerprint density at radius 3 is 2.50 bits per heavy atom. The smallest absolute Gasteiger partial charge is 0.410 e. The maximum absolute atomic E-state index is 13.6. The minimum atomic E-state index is -0.561. The Labute approximate surface area is 216 Å². The van der Waals surface area contributed by atoms with E-state index in [1.165, 1.54) is 0 Å². The van der Waals surface area contributed by atoms with Crippen LogP contribution in [0, 0.1) is 6.92 Å². The highest BCUT2D eigenvalue weighted by molar-refractivity contribution is 6.30. The first kappa shape index (κ1) is 25.9. The van der Waals surface area contributed by atoms with E-state index in [-0.39, 0.29) is 18.1 Å². The zero-order valence-corrected chi connectivity index (χ0v) is 22.8. The van der Waals surface area contributed by atoms with Crippen LogP contribution in [0.1, 0.15) is 58.6 Å². The summed E-state index contributed by atoms with van der Waals surface area (Å²) < 4.78 is 7.11. The first-order valence-corrected chi connectivity index (χ1v) is 12.7. The van der Waals surface area contributed by atoms with Gasteiger partial charge in [-0.1, -0.05) is 43.6 Å². The highest BCUT2D eigenvalue weighted by Crippen LogP contribution is 2.31. The van der Waals surface area contributed by atoms with Crippen molar-refractivity contribution in [3.63, 3.8) is 0 Å². The van der Waals surface area contributed by atoms with Crippen molar-refractivity contribution in [2.45, 2.75) is 66.0 Å². The third-order valence-corrected chi connectivity index (χ3v) is 6.71. The van der Waals surface area contributed by atoms with Crippen LogP contribution in [0.4, 0.5) is 10.6 Å². The molecule has 36 heavy (non-hydrogen) atoms. The molecule has 4 rings (SSSR count). The number of halogens is 1. The van der Waals surface area contributed by atoms with Gasteiger partial charge in [-0.05, 0) is 63.8 Å². The van der Waals surface area contributed by atoms with Crippen LogP contribution in [0.15, 0.2) is 35.1 Å². The van der Waals surface area contributed by atoms with E-state index in [2.05, 4.69) is 28.7 Å². The number of aromatic nitrogens is 3. The third kappa shape index (κ3) is 5.05. The van der Waals surface area contributed by atoms with E-state index >= 15 is 0 Å². The zero-order chi connectivity index (χ0) is 26.4. The van der Waals surface area contributed by atoms with Crippen LogP contribution in [0.2, 0.25) is 5.15 Å². The lowest BCUT2D eigenvalue weighted by Crippen LogP contribution is -2.55. The topological polar surface area (TPSA) is 80.6 Å². The highest BCUT2D eigenvalue weighted by Gasteiger charge is 2.32. The molecule has 1 unspecified atom stereocenters. The van der Waals surface area contributed by atoms with Gasteiger partial charge in [0.2, 0.25) is 0 Å². The van der Waals surface area contributed by atoms with Crippen LogP contribution >= 0.6 is 11.6 Å². The second-order valence-electron chi connectivity index (χ2n) is 10.7. The molecule has 0 spiro atoms. The van der Waals surface area contributed by atoms with Gasteiger partial charge in [0.05, 0.1) is 11.1 Å². The van der Waals surface area contributed by atoms with Gasteiger partial charge in [-0.3, -0.25) is 0 Å². The number of benzene rings is 1. The molecule has 9 heteroatoms. The summed E-state index contributed by atoms with van der Waals surface area (Å²) in [5, 5.41) is 1.09. The van der Waals surface area contributed by atoms with Crippen molar-refractivity contribution in [1.29, 1.82) is 0 Å². The van der Waals surface area contributed by atoms with Gasteiger partial charge in [-0.25, -0.2) is 19.1 Å². The summed E-state index contributed by atoms with van der Waals surface area (Å²) in [5.74, 6) is 0.751. The Balaban J connectivity index is 1.81. The van der Waals surface area contributed by atoms with Crippen LogP contribution in [-0.4, -0.2) is 56.8 Å². The van der Waals surface area contributed by atoms with E-state index < -0.39 is 11.3 Å². The number of pyridine rings is 1. The van der Waals surface area contributed by atoms with Crippen molar-refractivity contribution in [1.82, 2.24) is 19.4 Å². The number of hydrogen-bond donors (Lipinski definition) is 0. The van der Waals surface area contributed by atoms with E-state index in [4.69, 9.17) is 16.3 Å². The van der Waals surface area contributed by atoms with Crippen LogP contribution in [0.25, 0.3) is 16.7 Å². The van der Waals surface area contributed by atoms with Gasteiger partial charge < -0.3 is 14.5 Å². The van der Waals surface area contributed by atoms with E-state index in [9.17, 15) is 9.59 Å². The predicted molar refractivity (Wildman–Crippen MR) is 144 cm³/mol. The second-order valence-corrected chi connectivity index (χ2v) is 11.1. The largest absolute Gasteiger partial charge is 0.444 e. The number of anilines is 1. The number of carbonyl (C=O) groups excluding carboxylic acids is 1.